The largest absolute Gasteiger partial charge is 0.504 e. The molecule has 6 amide bonds. The van der Waals surface area contributed by atoms with Gasteiger partial charge in [-0.2, -0.15) is 0 Å². The van der Waals surface area contributed by atoms with E-state index in [4.69, 9.17) is 9.47 Å². The van der Waals surface area contributed by atoms with Gasteiger partial charge in [0.2, 0.25) is 0 Å². The van der Waals surface area contributed by atoms with E-state index in [0.29, 0.717) is 35.8 Å². The summed E-state index contributed by atoms with van der Waals surface area (Å²) in [5.74, 6) is -0.247. The first-order chi connectivity index (χ1) is 17.2. The number of carbonyl (C=O) groups excluding carboxylic acids is 4. The number of phenols is 2. The quantitative estimate of drug-likeness (QED) is 0.260. The summed E-state index contributed by atoms with van der Waals surface area (Å²) in [5, 5.41) is 28.0. The summed E-state index contributed by atoms with van der Waals surface area (Å²) in [5.41, 5.74) is 1.61. The summed E-state index contributed by atoms with van der Waals surface area (Å²) in [6.07, 6.45) is 3.00. The SMILES string of the molecule is CCOc1cc(/C=C2\NC(=O)NC2=O)ccc1O.CCOc1cc(/C=C2\NC(=O)NC2=O)ccc1O. The standard InChI is InChI=1S/2C12H12N2O4/c2*1-2-18-10-6-7(3-4-9(10)15)5-8-11(16)14-12(17)13-8/h2*3-6,15H,2H2,1H3,(H2,13,14,16,17)/b2*8-5-. The van der Waals surface area contributed by atoms with E-state index in [2.05, 4.69) is 21.3 Å². The number of hydrogen-bond acceptors (Lipinski definition) is 8. The van der Waals surface area contributed by atoms with Gasteiger partial charge in [0.15, 0.2) is 23.0 Å². The number of phenolic OH excluding ortho intramolecular Hbond substituents is 2. The van der Waals surface area contributed by atoms with Gasteiger partial charge in [-0.3, -0.25) is 20.2 Å². The van der Waals surface area contributed by atoms with Crippen LogP contribution in [0.5, 0.6) is 23.0 Å². The van der Waals surface area contributed by atoms with Crippen molar-refractivity contribution in [3.05, 3.63) is 58.9 Å². The van der Waals surface area contributed by atoms with E-state index in [1.54, 1.807) is 38.1 Å². The van der Waals surface area contributed by atoms with E-state index in [1.807, 2.05) is 0 Å². The number of nitrogens with one attached hydrogen (secondary N) is 4. The highest BCUT2D eigenvalue weighted by atomic mass is 16.5. The van der Waals surface area contributed by atoms with Gasteiger partial charge >= 0.3 is 12.1 Å². The van der Waals surface area contributed by atoms with Crippen molar-refractivity contribution in [1.82, 2.24) is 21.3 Å². The van der Waals surface area contributed by atoms with Crippen LogP contribution in [-0.4, -0.2) is 47.3 Å². The van der Waals surface area contributed by atoms with Crippen molar-refractivity contribution in [3.8, 4) is 23.0 Å². The zero-order valence-electron chi connectivity index (χ0n) is 19.4. The number of benzene rings is 2. The van der Waals surface area contributed by atoms with Gasteiger partial charge in [0, 0.05) is 0 Å². The third-order valence-electron chi connectivity index (χ3n) is 4.63. The Morgan fingerprint density at radius 1 is 0.667 bits per heavy atom. The molecule has 0 atom stereocenters. The molecule has 2 heterocycles. The second-order valence-electron chi connectivity index (χ2n) is 7.25. The first-order valence-electron chi connectivity index (χ1n) is 10.8. The summed E-state index contributed by atoms with van der Waals surface area (Å²) >= 11 is 0. The minimum atomic E-state index is -0.546. The predicted octanol–water partition coefficient (Wildman–Crippen LogP) is 1.94. The highest BCUT2D eigenvalue weighted by Gasteiger charge is 2.23. The Bertz CT molecular complexity index is 1170. The highest BCUT2D eigenvalue weighted by molar-refractivity contribution is 6.14. The molecule has 4 rings (SSSR count). The van der Waals surface area contributed by atoms with Gasteiger partial charge in [-0.05, 0) is 61.4 Å². The number of aromatic hydroxyl groups is 2. The van der Waals surface area contributed by atoms with Crippen molar-refractivity contribution in [2.24, 2.45) is 0 Å². The van der Waals surface area contributed by atoms with Crippen molar-refractivity contribution in [2.45, 2.75) is 13.8 Å². The van der Waals surface area contributed by atoms with Crippen LogP contribution >= 0.6 is 0 Å². The average molecular weight is 496 g/mol. The van der Waals surface area contributed by atoms with E-state index in [9.17, 15) is 29.4 Å². The van der Waals surface area contributed by atoms with Gasteiger partial charge in [0.05, 0.1) is 13.2 Å². The second-order valence-corrected chi connectivity index (χ2v) is 7.25. The van der Waals surface area contributed by atoms with Crippen molar-refractivity contribution in [2.75, 3.05) is 13.2 Å². The molecule has 36 heavy (non-hydrogen) atoms. The van der Waals surface area contributed by atoms with E-state index in [1.165, 1.54) is 24.3 Å². The van der Waals surface area contributed by atoms with Crippen LogP contribution < -0.4 is 30.7 Å². The molecule has 2 aromatic carbocycles. The molecule has 2 aliphatic rings. The van der Waals surface area contributed by atoms with E-state index in [-0.39, 0.29) is 22.9 Å². The Hall–Kier alpha value is -5.00. The van der Waals surface area contributed by atoms with Crippen LogP contribution in [0.15, 0.2) is 47.8 Å². The first kappa shape index (κ1) is 25.6. The number of ether oxygens (including phenoxy) is 2. The van der Waals surface area contributed by atoms with Crippen LogP contribution in [0, 0.1) is 0 Å². The fraction of sp³-hybridized carbons (Fsp3) is 0.167. The Balaban J connectivity index is 0.000000201. The van der Waals surface area contributed by atoms with Gasteiger partial charge in [-0.15, -0.1) is 0 Å². The number of rotatable bonds is 6. The lowest BCUT2D eigenvalue weighted by atomic mass is 10.1. The van der Waals surface area contributed by atoms with Gasteiger partial charge < -0.3 is 30.3 Å². The van der Waals surface area contributed by atoms with Crippen molar-refractivity contribution in [1.29, 1.82) is 0 Å². The molecule has 12 heteroatoms. The minimum absolute atomic E-state index is 0.0268. The van der Waals surface area contributed by atoms with Crippen LogP contribution in [0.1, 0.15) is 25.0 Å². The summed E-state index contributed by atoms with van der Waals surface area (Å²) in [6, 6.07) is 8.24. The smallest absolute Gasteiger partial charge is 0.326 e. The van der Waals surface area contributed by atoms with Crippen molar-refractivity contribution < 1.29 is 38.9 Å². The molecule has 2 aliphatic heterocycles. The fourth-order valence-electron chi connectivity index (χ4n) is 3.08. The third-order valence-corrected chi connectivity index (χ3v) is 4.63. The lowest BCUT2D eigenvalue weighted by molar-refractivity contribution is -0.116. The molecule has 6 N–H and O–H groups in total. The molecule has 12 nitrogen and oxygen atoms in total. The zero-order chi connectivity index (χ0) is 26.2. The Morgan fingerprint density at radius 2 is 1.06 bits per heavy atom. The van der Waals surface area contributed by atoms with Gasteiger partial charge in [-0.25, -0.2) is 9.59 Å². The highest BCUT2D eigenvalue weighted by Crippen LogP contribution is 2.28. The fourth-order valence-corrected chi connectivity index (χ4v) is 3.08. The zero-order valence-corrected chi connectivity index (χ0v) is 19.4. The number of amides is 6. The Labute approximate surface area is 205 Å². The summed E-state index contributed by atoms with van der Waals surface area (Å²) in [4.78, 5) is 44.5. The molecule has 188 valence electrons. The Morgan fingerprint density at radius 3 is 1.36 bits per heavy atom. The van der Waals surface area contributed by atoms with E-state index >= 15 is 0 Å². The third kappa shape index (κ3) is 6.53. The van der Waals surface area contributed by atoms with Crippen molar-refractivity contribution in [3.63, 3.8) is 0 Å². The molecule has 0 aliphatic carbocycles. The lowest BCUT2D eigenvalue weighted by Gasteiger charge is -2.06. The summed E-state index contributed by atoms with van der Waals surface area (Å²) < 4.78 is 10.4. The van der Waals surface area contributed by atoms with Gasteiger partial charge in [-0.1, -0.05) is 12.1 Å². The van der Waals surface area contributed by atoms with Gasteiger partial charge in [0.1, 0.15) is 11.4 Å². The maximum Gasteiger partial charge on any atom is 0.326 e. The molecular weight excluding hydrogens is 472 g/mol. The van der Waals surface area contributed by atoms with Crippen LogP contribution in [0.4, 0.5) is 9.59 Å². The monoisotopic (exact) mass is 496 g/mol. The maximum atomic E-state index is 11.3. The van der Waals surface area contributed by atoms with E-state index < -0.39 is 23.9 Å². The summed E-state index contributed by atoms with van der Waals surface area (Å²) in [6.45, 7) is 4.44. The lowest BCUT2D eigenvalue weighted by Crippen LogP contribution is -2.22. The molecule has 0 saturated carbocycles. The molecule has 0 bridgehead atoms. The molecule has 0 unspecified atom stereocenters. The second kappa shape index (κ2) is 11.4. The van der Waals surface area contributed by atoms with Crippen LogP contribution in [-0.2, 0) is 9.59 Å². The molecular formula is C24H24N4O8. The molecule has 0 spiro atoms. The summed E-state index contributed by atoms with van der Waals surface area (Å²) in [7, 11) is 0. The number of carbonyl (C=O) groups is 4. The molecule has 2 saturated heterocycles. The van der Waals surface area contributed by atoms with E-state index in [0.717, 1.165) is 0 Å². The molecule has 0 aromatic heterocycles. The van der Waals surface area contributed by atoms with Gasteiger partial charge in [0.25, 0.3) is 11.8 Å². The maximum absolute atomic E-state index is 11.3. The van der Waals surface area contributed by atoms with Crippen LogP contribution in [0.3, 0.4) is 0 Å². The number of imide groups is 2. The molecule has 2 fully saturated rings. The van der Waals surface area contributed by atoms with Crippen molar-refractivity contribution >= 4 is 36.0 Å². The normalized spacial score (nSPS) is 16.6. The van der Waals surface area contributed by atoms with Crippen LogP contribution in [0.2, 0.25) is 0 Å². The number of urea groups is 2. The average Bonchev–Trinajstić information content (AvgIpc) is 3.32. The van der Waals surface area contributed by atoms with Crippen LogP contribution in [0.25, 0.3) is 12.2 Å². The number of hydrogen-bond donors (Lipinski definition) is 6. The minimum Gasteiger partial charge on any atom is -0.504 e. The first-order valence-corrected chi connectivity index (χ1v) is 10.8. The molecule has 2 aromatic rings. The predicted molar refractivity (Wildman–Crippen MR) is 128 cm³/mol. The molecule has 0 radical (unpaired) electrons. The Kier molecular flexibility index (Phi) is 8.13. The topological polar surface area (TPSA) is 175 Å².